The molecule has 0 saturated carbocycles. The largest absolute Gasteiger partial charge is 0.481 e. The van der Waals surface area contributed by atoms with Gasteiger partial charge in [-0.2, -0.15) is 4.98 Å². The Morgan fingerprint density at radius 1 is 1.11 bits per heavy atom. The first-order valence-corrected chi connectivity index (χ1v) is 8.10. The fourth-order valence-electron chi connectivity index (χ4n) is 2.36. The number of nitrogens with two attached hydrogens (primary N) is 1. The van der Waals surface area contributed by atoms with Crippen LogP contribution >= 0.6 is 0 Å². The normalized spacial score (nSPS) is 10.4. The molecule has 0 aliphatic heterocycles. The molecule has 0 radical (unpaired) electrons. The maximum Gasteiger partial charge on any atom is 0.344 e. The van der Waals surface area contributed by atoms with Crippen LogP contribution in [0.1, 0.15) is 21.8 Å². The topological polar surface area (TPSA) is 118 Å². The van der Waals surface area contributed by atoms with E-state index in [1.165, 1.54) is 6.07 Å². The van der Waals surface area contributed by atoms with Crippen LogP contribution < -0.4 is 10.5 Å². The number of amides is 1. The summed E-state index contributed by atoms with van der Waals surface area (Å²) in [5.74, 6) is -0.495. The molecule has 2 aromatic carbocycles. The van der Waals surface area contributed by atoms with Crippen molar-refractivity contribution in [1.82, 2.24) is 10.1 Å². The Hall–Kier alpha value is -3.68. The minimum absolute atomic E-state index is 0.166. The van der Waals surface area contributed by atoms with E-state index in [2.05, 4.69) is 10.1 Å². The smallest absolute Gasteiger partial charge is 0.344 e. The Balaban J connectivity index is 1.55. The van der Waals surface area contributed by atoms with Gasteiger partial charge in [-0.05, 0) is 24.6 Å². The fraction of sp³-hybridized carbons (Fsp3) is 0.158. The zero-order chi connectivity index (χ0) is 19.2. The van der Waals surface area contributed by atoms with Gasteiger partial charge in [0.2, 0.25) is 5.82 Å². The highest BCUT2D eigenvalue weighted by Crippen LogP contribution is 2.20. The number of para-hydroxylation sites is 1. The van der Waals surface area contributed by atoms with E-state index >= 15 is 0 Å². The quantitative estimate of drug-likeness (QED) is 0.636. The van der Waals surface area contributed by atoms with E-state index in [1.807, 2.05) is 31.2 Å². The Morgan fingerprint density at radius 2 is 1.85 bits per heavy atom. The van der Waals surface area contributed by atoms with Crippen LogP contribution in [0.2, 0.25) is 0 Å². The molecule has 2 N–H and O–H groups in total. The highest BCUT2D eigenvalue weighted by molar-refractivity contribution is 5.95. The van der Waals surface area contributed by atoms with Gasteiger partial charge in [0.05, 0.1) is 5.56 Å². The van der Waals surface area contributed by atoms with E-state index in [0.717, 1.165) is 11.1 Å². The molecule has 3 rings (SSSR count). The molecule has 0 spiro atoms. The van der Waals surface area contributed by atoms with Crippen LogP contribution in [0.4, 0.5) is 0 Å². The summed E-state index contributed by atoms with van der Waals surface area (Å²) in [5.41, 5.74) is 7.28. The predicted octanol–water partition coefficient (Wildman–Crippen LogP) is 2.27. The van der Waals surface area contributed by atoms with E-state index in [1.54, 1.807) is 18.2 Å². The van der Waals surface area contributed by atoms with Crippen molar-refractivity contribution >= 4 is 11.9 Å². The highest BCUT2D eigenvalue weighted by Gasteiger charge is 2.14. The van der Waals surface area contributed by atoms with Gasteiger partial charge in [-0.25, -0.2) is 4.79 Å². The fourth-order valence-corrected chi connectivity index (χ4v) is 2.36. The molecule has 8 nitrogen and oxygen atoms in total. The molecule has 0 unspecified atom stereocenters. The standard InChI is InChI=1S/C19H17N3O5/c1-12-6-2-3-7-13(12)19-21-16(27-22-19)10-26-17(23)11-25-15-9-5-4-8-14(15)18(20)24/h2-9H,10-11H2,1H3,(H2,20,24). The highest BCUT2D eigenvalue weighted by atomic mass is 16.6. The zero-order valence-electron chi connectivity index (χ0n) is 14.5. The van der Waals surface area contributed by atoms with Gasteiger partial charge >= 0.3 is 5.97 Å². The van der Waals surface area contributed by atoms with Crippen molar-refractivity contribution in [1.29, 1.82) is 0 Å². The minimum atomic E-state index is -0.648. The molecule has 1 heterocycles. The third-order valence-electron chi connectivity index (χ3n) is 3.71. The van der Waals surface area contributed by atoms with Crippen molar-refractivity contribution in [2.24, 2.45) is 5.73 Å². The number of nitrogens with zero attached hydrogens (tertiary/aromatic N) is 2. The second-order valence-electron chi connectivity index (χ2n) is 5.64. The minimum Gasteiger partial charge on any atom is -0.481 e. The Labute approximate surface area is 154 Å². The number of carbonyl (C=O) groups excluding carboxylic acids is 2. The number of ether oxygens (including phenoxy) is 2. The van der Waals surface area contributed by atoms with E-state index in [9.17, 15) is 9.59 Å². The molecule has 0 bridgehead atoms. The number of carbonyl (C=O) groups is 2. The van der Waals surface area contributed by atoms with Gasteiger partial charge in [-0.3, -0.25) is 4.79 Å². The van der Waals surface area contributed by atoms with Crippen molar-refractivity contribution in [2.45, 2.75) is 13.5 Å². The van der Waals surface area contributed by atoms with Crippen molar-refractivity contribution in [3.05, 3.63) is 65.5 Å². The molecule has 27 heavy (non-hydrogen) atoms. The molecule has 138 valence electrons. The number of benzene rings is 2. The van der Waals surface area contributed by atoms with E-state index < -0.39 is 11.9 Å². The molecule has 1 amide bonds. The van der Waals surface area contributed by atoms with Gasteiger partial charge in [0, 0.05) is 5.56 Å². The Bertz CT molecular complexity index is 967. The van der Waals surface area contributed by atoms with Crippen molar-refractivity contribution < 1.29 is 23.6 Å². The zero-order valence-corrected chi connectivity index (χ0v) is 14.5. The molecule has 1 aromatic heterocycles. The van der Waals surface area contributed by atoms with E-state index in [-0.39, 0.29) is 30.4 Å². The average molecular weight is 367 g/mol. The number of aryl methyl sites for hydroxylation is 1. The summed E-state index contributed by atoms with van der Waals surface area (Å²) >= 11 is 0. The predicted molar refractivity (Wildman–Crippen MR) is 94.7 cm³/mol. The third kappa shape index (κ3) is 4.49. The van der Waals surface area contributed by atoms with Gasteiger partial charge in [-0.15, -0.1) is 0 Å². The first-order chi connectivity index (χ1) is 13.0. The van der Waals surface area contributed by atoms with Crippen LogP contribution in [0.3, 0.4) is 0 Å². The molecule has 0 aliphatic carbocycles. The number of rotatable bonds is 7. The maximum absolute atomic E-state index is 11.8. The number of esters is 1. The first-order valence-electron chi connectivity index (χ1n) is 8.10. The lowest BCUT2D eigenvalue weighted by Crippen LogP contribution is -2.18. The SMILES string of the molecule is Cc1ccccc1-c1noc(COC(=O)COc2ccccc2C(N)=O)n1. The lowest BCUT2D eigenvalue weighted by Gasteiger charge is -2.08. The van der Waals surface area contributed by atoms with Gasteiger partial charge in [0.1, 0.15) is 5.75 Å². The Kier molecular flexibility index (Phi) is 5.46. The van der Waals surface area contributed by atoms with Gasteiger partial charge < -0.3 is 19.7 Å². The van der Waals surface area contributed by atoms with E-state index in [0.29, 0.717) is 5.82 Å². The summed E-state index contributed by atoms with van der Waals surface area (Å²) in [6.45, 7) is 1.37. The Morgan fingerprint density at radius 3 is 2.63 bits per heavy atom. The maximum atomic E-state index is 11.8. The lowest BCUT2D eigenvalue weighted by atomic mass is 10.1. The summed E-state index contributed by atoms with van der Waals surface area (Å²) in [7, 11) is 0. The molecule has 0 aliphatic rings. The van der Waals surface area contributed by atoms with Gasteiger partial charge in [-0.1, -0.05) is 41.6 Å². The molecule has 0 saturated heterocycles. The van der Waals surface area contributed by atoms with Crippen molar-refractivity contribution in [2.75, 3.05) is 6.61 Å². The number of aromatic nitrogens is 2. The van der Waals surface area contributed by atoms with Crippen LogP contribution in [-0.4, -0.2) is 28.6 Å². The number of hydrogen-bond acceptors (Lipinski definition) is 7. The van der Waals surface area contributed by atoms with E-state index in [4.69, 9.17) is 19.7 Å². The van der Waals surface area contributed by atoms with Crippen LogP contribution in [0, 0.1) is 6.92 Å². The summed E-state index contributed by atoms with van der Waals surface area (Å²) in [5, 5.41) is 3.89. The first kappa shape index (κ1) is 18.1. The van der Waals surface area contributed by atoms with Gasteiger partial charge in [0.15, 0.2) is 13.2 Å². The second-order valence-corrected chi connectivity index (χ2v) is 5.64. The second kappa shape index (κ2) is 8.13. The van der Waals surface area contributed by atoms with Crippen LogP contribution in [0.25, 0.3) is 11.4 Å². The molecule has 8 heteroatoms. The lowest BCUT2D eigenvalue weighted by molar-refractivity contribution is -0.148. The van der Waals surface area contributed by atoms with Crippen LogP contribution in [0.15, 0.2) is 53.1 Å². The molecular weight excluding hydrogens is 350 g/mol. The summed E-state index contributed by atoms with van der Waals surface area (Å²) in [4.78, 5) is 27.4. The van der Waals surface area contributed by atoms with Crippen molar-refractivity contribution in [3.8, 4) is 17.1 Å². The van der Waals surface area contributed by atoms with Crippen molar-refractivity contribution in [3.63, 3.8) is 0 Å². The van der Waals surface area contributed by atoms with Crippen LogP contribution in [0.5, 0.6) is 5.75 Å². The average Bonchev–Trinajstić information content (AvgIpc) is 3.14. The third-order valence-corrected chi connectivity index (χ3v) is 3.71. The summed E-state index contributed by atoms with van der Waals surface area (Å²) in [6.07, 6.45) is 0. The summed E-state index contributed by atoms with van der Waals surface area (Å²) in [6, 6.07) is 14.0. The monoisotopic (exact) mass is 367 g/mol. The number of primary amides is 1. The number of hydrogen-bond donors (Lipinski definition) is 1. The molecule has 0 fully saturated rings. The molecule has 3 aromatic rings. The summed E-state index contributed by atoms with van der Waals surface area (Å²) < 4.78 is 15.4. The molecule has 0 atom stereocenters. The molecular formula is C19H17N3O5. The van der Waals surface area contributed by atoms with Crippen LogP contribution in [-0.2, 0) is 16.1 Å². The van der Waals surface area contributed by atoms with Gasteiger partial charge in [0.25, 0.3) is 11.8 Å².